The highest BCUT2D eigenvalue weighted by Crippen LogP contribution is 2.28. The minimum Gasteiger partial charge on any atom is -0.428 e. The molecule has 0 spiro atoms. The van der Waals surface area contributed by atoms with E-state index in [-0.39, 0.29) is 5.78 Å². The smallest absolute Gasteiger partial charge is 0.428 e. The SMILES string of the molecule is CCc1ccc(C(=O)/C=C/c2cccc(OC(F)(F)C(F)F)c2)s1. The Hall–Kier alpha value is -2.15. The van der Waals surface area contributed by atoms with Gasteiger partial charge < -0.3 is 4.74 Å². The molecule has 2 nitrogen and oxygen atoms in total. The molecule has 0 aliphatic heterocycles. The molecule has 0 bridgehead atoms. The number of ether oxygens (including phenoxy) is 1. The molecule has 1 aromatic heterocycles. The van der Waals surface area contributed by atoms with Gasteiger partial charge in [-0.1, -0.05) is 25.1 Å². The molecule has 0 fully saturated rings. The van der Waals surface area contributed by atoms with E-state index in [1.54, 1.807) is 12.1 Å². The van der Waals surface area contributed by atoms with Gasteiger partial charge in [-0.15, -0.1) is 11.3 Å². The van der Waals surface area contributed by atoms with E-state index >= 15 is 0 Å². The summed E-state index contributed by atoms with van der Waals surface area (Å²) in [7, 11) is 0. The van der Waals surface area contributed by atoms with Gasteiger partial charge in [0.2, 0.25) is 0 Å². The molecule has 0 unspecified atom stereocenters. The minimum absolute atomic E-state index is 0.219. The van der Waals surface area contributed by atoms with Crippen molar-refractivity contribution < 1.29 is 27.1 Å². The quantitative estimate of drug-likeness (QED) is 0.374. The maximum atomic E-state index is 12.9. The van der Waals surface area contributed by atoms with Crippen LogP contribution in [0.15, 0.2) is 42.5 Å². The molecule has 24 heavy (non-hydrogen) atoms. The van der Waals surface area contributed by atoms with Crippen LogP contribution in [-0.2, 0) is 6.42 Å². The topological polar surface area (TPSA) is 26.3 Å². The number of thiophene rings is 1. The number of aryl methyl sites for hydroxylation is 1. The second-order valence-electron chi connectivity index (χ2n) is 4.85. The summed E-state index contributed by atoms with van der Waals surface area (Å²) in [6.45, 7) is 1.98. The Balaban J connectivity index is 2.10. The summed E-state index contributed by atoms with van der Waals surface area (Å²) < 4.78 is 54.1. The maximum Gasteiger partial charge on any atom is 0.461 e. The Bertz CT molecular complexity index is 738. The summed E-state index contributed by atoms with van der Waals surface area (Å²) in [5.74, 6) is -0.622. The Kier molecular flexibility index (Phi) is 5.77. The van der Waals surface area contributed by atoms with Crippen LogP contribution in [0.1, 0.15) is 27.0 Å². The maximum absolute atomic E-state index is 12.9. The number of halogens is 4. The molecule has 1 aromatic carbocycles. The molecule has 0 amide bonds. The van der Waals surface area contributed by atoms with Crippen LogP contribution >= 0.6 is 11.3 Å². The second kappa shape index (κ2) is 7.61. The molecule has 0 aliphatic carbocycles. The van der Waals surface area contributed by atoms with Gasteiger partial charge in [-0.3, -0.25) is 4.79 Å². The third-order valence-corrected chi connectivity index (χ3v) is 4.29. The molecule has 0 saturated heterocycles. The van der Waals surface area contributed by atoms with Crippen molar-refractivity contribution in [1.29, 1.82) is 0 Å². The predicted octanol–water partition coefficient (Wildman–Crippen LogP) is 5.44. The van der Waals surface area contributed by atoms with Crippen LogP contribution < -0.4 is 4.74 Å². The van der Waals surface area contributed by atoms with Gasteiger partial charge >= 0.3 is 12.5 Å². The number of benzene rings is 1. The average molecular weight is 358 g/mol. The van der Waals surface area contributed by atoms with E-state index in [2.05, 4.69) is 4.74 Å². The van der Waals surface area contributed by atoms with E-state index < -0.39 is 18.3 Å². The van der Waals surface area contributed by atoms with Crippen molar-refractivity contribution in [2.45, 2.75) is 25.9 Å². The van der Waals surface area contributed by atoms with Crippen molar-refractivity contribution in [3.8, 4) is 5.75 Å². The zero-order chi connectivity index (χ0) is 17.7. The van der Waals surface area contributed by atoms with Crippen molar-refractivity contribution in [3.63, 3.8) is 0 Å². The van der Waals surface area contributed by atoms with Gasteiger partial charge in [0.1, 0.15) is 5.75 Å². The van der Waals surface area contributed by atoms with Crippen molar-refractivity contribution in [2.75, 3.05) is 0 Å². The zero-order valence-electron chi connectivity index (χ0n) is 12.6. The Morgan fingerprint density at radius 3 is 2.67 bits per heavy atom. The summed E-state index contributed by atoms with van der Waals surface area (Å²) in [5.41, 5.74) is 0.387. The Labute approximate surface area is 140 Å². The second-order valence-corrected chi connectivity index (χ2v) is 6.02. The van der Waals surface area contributed by atoms with Crippen LogP contribution in [0.2, 0.25) is 0 Å². The number of alkyl halides is 4. The van der Waals surface area contributed by atoms with Gasteiger partial charge in [-0.25, -0.2) is 0 Å². The largest absolute Gasteiger partial charge is 0.461 e. The van der Waals surface area contributed by atoms with Gasteiger partial charge in [0.05, 0.1) is 4.88 Å². The molecule has 7 heteroatoms. The van der Waals surface area contributed by atoms with Gasteiger partial charge in [0.25, 0.3) is 0 Å². The lowest BCUT2D eigenvalue weighted by Gasteiger charge is -2.16. The van der Waals surface area contributed by atoms with Gasteiger partial charge in [-0.2, -0.15) is 17.6 Å². The van der Waals surface area contributed by atoms with E-state index in [0.29, 0.717) is 10.4 Å². The Morgan fingerprint density at radius 2 is 2.04 bits per heavy atom. The lowest BCUT2D eigenvalue weighted by Crippen LogP contribution is -2.33. The number of ketones is 1. The van der Waals surface area contributed by atoms with Crippen LogP contribution in [0.25, 0.3) is 6.08 Å². The summed E-state index contributed by atoms with van der Waals surface area (Å²) in [6.07, 6.45) is -4.94. The van der Waals surface area contributed by atoms with E-state index in [1.807, 2.05) is 13.0 Å². The number of allylic oxidation sites excluding steroid dienone is 1. The highest BCUT2D eigenvalue weighted by atomic mass is 32.1. The molecule has 2 rings (SSSR count). The molecule has 0 atom stereocenters. The number of hydrogen-bond donors (Lipinski definition) is 0. The fourth-order valence-electron chi connectivity index (χ4n) is 1.84. The molecule has 1 heterocycles. The Morgan fingerprint density at radius 1 is 1.29 bits per heavy atom. The molecule has 2 aromatic rings. The normalized spacial score (nSPS) is 12.1. The first-order valence-electron chi connectivity index (χ1n) is 7.08. The lowest BCUT2D eigenvalue weighted by molar-refractivity contribution is -0.253. The molecule has 0 aliphatic rings. The molecular formula is C17H14F4O2S. The third kappa shape index (κ3) is 4.67. The van der Waals surface area contributed by atoms with Gasteiger partial charge in [0.15, 0.2) is 5.78 Å². The monoisotopic (exact) mass is 358 g/mol. The van der Waals surface area contributed by atoms with Gasteiger partial charge in [0, 0.05) is 4.88 Å². The summed E-state index contributed by atoms with van der Waals surface area (Å²) in [4.78, 5) is 13.7. The predicted molar refractivity (Wildman–Crippen MR) is 85.1 cm³/mol. The summed E-state index contributed by atoms with van der Waals surface area (Å²) in [6, 6.07) is 8.81. The molecule has 0 saturated carbocycles. The first-order valence-corrected chi connectivity index (χ1v) is 7.89. The van der Waals surface area contributed by atoms with E-state index in [1.165, 1.54) is 29.6 Å². The van der Waals surface area contributed by atoms with Crippen LogP contribution in [0.5, 0.6) is 5.75 Å². The summed E-state index contributed by atoms with van der Waals surface area (Å²) >= 11 is 1.38. The van der Waals surface area contributed by atoms with Crippen molar-refractivity contribution in [1.82, 2.24) is 0 Å². The fourth-order valence-corrected chi connectivity index (χ4v) is 2.71. The minimum atomic E-state index is -4.56. The van der Waals surface area contributed by atoms with Crippen LogP contribution in [0.4, 0.5) is 17.6 Å². The van der Waals surface area contributed by atoms with Gasteiger partial charge in [-0.05, 0) is 42.3 Å². The van der Waals surface area contributed by atoms with Crippen LogP contribution in [0.3, 0.4) is 0 Å². The number of carbonyl (C=O) groups excluding carboxylic acids is 1. The number of hydrogen-bond acceptors (Lipinski definition) is 3. The fraction of sp³-hybridized carbons (Fsp3) is 0.235. The first kappa shape index (κ1) is 18.2. The number of rotatable bonds is 7. The average Bonchev–Trinajstić information content (AvgIpc) is 3.01. The highest BCUT2D eigenvalue weighted by Gasteiger charge is 2.43. The number of carbonyl (C=O) groups is 1. The molecular weight excluding hydrogens is 344 g/mol. The van der Waals surface area contributed by atoms with Crippen molar-refractivity contribution >= 4 is 23.2 Å². The van der Waals surface area contributed by atoms with Crippen molar-refractivity contribution in [3.05, 3.63) is 57.8 Å². The zero-order valence-corrected chi connectivity index (χ0v) is 13.5. The standard InChI is InChI=1S/C17H14F4O2S/c1-2-13-7-9-15(24-13)14(22)8-6-11-4-3-5-12(10-11)23-17(20,21)16(18)19/h3-10,16H,2H2,1H3/b8-6+. The first-order chi connectivity index (χ1) is 11.3. The van der Waals surface area contributed by atoms with E-state index in [4.69, 9.17) is 0 Å². The highest BCUT2D eigenvalue weighted by molar-refractivity contribution is 7.14. The molecule has 0 N–H and O–H groups in total. The molecule has 0 radical (unpaired) electrons. The van der Waals surface area contributed by atoms with Crippen molar-refractivity contribution in [2.24, 2.45) is 0 Å². The van der Waals surface area contributed by atoms with E-state index in [9.17, 15) is 22.4 Å². The summed E-state index contributed by atoms with van der Waals surface area (Å²) in [5, 5.41) is 0. The third-order valence-electron chi connectivity index (χ3n) is 3.05. The lowest BCUT2D eigenvalue weighted by atomic mass is 10.2. The molecule has 128 valence electrons. The van der Waals surface area contributed by atoms with Crippen LogP contribution in [0, 0.1) is 0 Å². The van der Waals surface area contributed by atoms with Crippen LogP contribution in [-0.4, -0.2) is 18.3 Å². The van der Waals surface area contributed by atoms with E-state index in [0.717, 1.165) is 23.4 Å².